The lowest BCUT2D eigenvalue weighted by Gasteiger charge is -2.30. The van der Waals surface area contributed by atoms with Crippen LogP contribution in [-0.4, -0.2) is 61.6 Å². The zero-order valence-corrected chi connectivity index (χ0v) is 31.2. The van der Waals surface area contributed by atoms with Crippen LogP contribution in [0.1, 0.15) is 83.6 Å². The highest BCUT2D eigenvalue weighted by Gasteiger charge is 2.35. The Balaban J connectivity index is 0.978. The lowest BCUT2D eigenvalue weighted by atomic mass is 9.78. The fourth-order valence-electron chi connectivity index (χ4n) is 6.33. The van der Waals surface area contributed by atoms with Crippen LogP contribution in [-0.2, 0) is 20.3 Å². The molecule has 2 fully saturated rings. The average molecular weight is 695 g/mol. The number of benzene rings is 4. The minimum Gasteiger partial charge on any atom is -0.491 e. The minimum atomic E-state index is -0.809. The van der Waals surface area contributed by atoms with E-state index in [9.17, 15) is 5.11 Å². The van der Waals surface area contributed by atoms with Crippen LogP contribution in [0.2, 0.25) is 0 Å². The number of hydrogen-bond donors (Lipinski definition) is 1. The van der Waals surface area contributed by atoms with E-state index >= 15 is 0 Å². The van der Waals surface area contributed by atoms with E-state index in [1.807, 2.05) is 43.3 Å². The Morgan fingerprint density at radius 2 is 1.04 bits per heavy atom. The van der Waals surface area contributed by atoms with Crippen LogP contribution in [0.4, 0.5) is 0 Å². The summed E-state index contributed by atoms with van der Waals surface area (Å²) >= 11 is 0. The zero-order valence-electron chi connectivity index (χ0n) is 31.2. The summed E-state index contributed by atoms with van der Waals surface area (Å²) < 4.78 is 35.0. The van der Waals surface area contributed by atoms with Crippen LogP contribution in [0.15, 0.2) is 97.1 Å². The molecule has 0 bridgehead atoms. The summed E-state index contributed by atoms with van der Waals surface area (Å²) in [6.45, 7) is 17.4. The highest BCUT2D eigenvalue weighted by atomic mass is 16.6. The first-order valence-electron chi connectivity index (χ1n) is 18.3. The number of ether oxygens (including phenoxy) is 6. The minimum absolute atomic E-state index is 0.118. The average Bonchev–Trinajstić information content (AvgIpc) is 4.08. The first-order valence-corrected chi connectivity index (χ1v) is 18.3. The predicted octanol–water partition coefficient (Wildman–Crippen LogP) is 8.66. The number of rotatable bonds is 18. The molecule has 2 heterocycles. The smallest absolute Gasteiger partial charge is 0.125 e. The Hall–Kier alpha value is -4.04. The van der Waals surface area contributed by atoms with Gasteiger partial charge < -0.3 is 33.5 Å². The fourth-order valence-corrected chi connectivity index (χ4v) is 6.33. The maximum atomic E-state index is 10.9. The summed E-state index contributed by atoms with van der Waals surface area (Å²) in [5, 5.41) is 10.9. The van der Waals surface area contributed by atoms with Crippen LogP contribution in [0.5, 0.6) is 23.0 Å². The molecule has 7 nitrogen and oxygen atoms in total. The summed E-state index contributed by atoms with van der Waals surface area (Å²) in [7, 11) is 0. The van der Waals surface area contributed by atoms with Crippen molar-refractivity contribution in [1.82, 2.24) is 0 Å². The predicted molar refractivity (Wildman–Crippen MR) is 201 cm³/mol. The van der Waals surface area contributed by atoms with Gasteiger partial charge in [-0.1, -0.05) is 83.1 Å². The van der Waals surface area contributed by atoms with Crippen molar-refractivity contribution in [3.05, 3.63) is 119 Å². The third-order valence-electron chi connectivity index (χ3n) is 10.6. The molecule has 2 aliphatic heterocycles. The first-order chi connectivity index (χ1) is 24.3. The van der Waals surface area contributed by atoms with Gasteiger partial charge in [-0.05, 0) is 91.1 Å². The molecule has 0 aliphatic carbocycles. The lowest BCUT2D eigenvalue weighted by Crippen LogP contribution is -2.34. The van der Waals surface area contributed by atoms with Crippen LogP contribution in [0.3, 0.4) is 0 Å². The molecule has 5 unspecified atom stereocenters. The van der Waals surface area contributed by atoms with Gasteiger partial charge in [0.2, 0.25) is 0 Å². The van der Waals surface area contributed by atoms with E-state index in [4.69, 9.17) is 28.4 Å². The van der Waals surface area contributed by atoms with Gasteiger partial charge >= 0.3 is 0 Å². The molecule has 6 rings (SSSR count). The third kappa shape index (κ3) is 9.45. The molecule has 4 aromatic rings. The monoisotopic (exact) mass is 694 g/mol. The summed E-state index contributed by atoms with van der Waals surface area (Å²) in [5.74, 6) is 3.13. The van der Waals surface area contributed by atoms with Crippen molar-refractivity contribution in [1.29, 1.82) is 0 Å². The summed E-state index contributed by atoms with van der Waals surface area (Å²) in [4.78, 5) is 0. The molecule has 0 saturated carbocycles. The Morgan fingerprint density at radius 1 is 0.627 bits per heavy atom. The number of epoxide rings is 2. The van der Waals surface area contributed by atoms with E-state index in [2.05, 4.69) is 102 Å². The highest BCUT2D eigenvalue weighted by molar-refractivity contribution is 5.43. The second-order valence-corrected chi connectivity index (χ2v) is 15.4. The quantitative estimate of drug-likeness (QED) is 0.104. The normalized spacial score (nSPS) is 19.4. The Morgan fingerprint density at radius 3 is 1.47 bits per heavy atom. The molecule has 0 amide bonds. The number of aliphatic hydroxyl groups excluding tert-OH is 1. The maximum Gasteiger partial charge on any atom is 0.125 e. The van der Waals surface area contributed by atoms with Gasteiger partial charge in [-0.25, -0.2) is 0 Å². The second-order valence-electron chi connectivity index (χ2n) is 15.4. The van der Waals surface area contributed by atoms with E-state index in [1.54, 1.807) is 0 Å². The Labute approximate surface area is 303 Å². The molecule has 1 N–H and O–H groups in total. The van der Waals surface area contributed by atoms with Gasteiger partial charge in [-0.2, -0.15) is 0 Å². The molecular formula is C44H54O7. The molecule has 0 aromatic heterocycles. The van der Waals surface area contributed by atoms with Gasteiger partial charge in [0, 0.05) is 17.3 Å². The van der Waals surface area contributed by atoms with E-state index in [0.29, 0.717) is 24.2 Å². The van der Waals surface area contributed by atoms with Crippen LogP contribution >= 0.6 is 0 Å². The molecule has 5 atom stereocenters. The second kappa shape index (κ2) is 15.3. The SMILES string of the molecule is CCC(C)(CC1CO1)Oc1ccc(C(C)(C)c2ccc(OCC(O)C(C)Oc3ccc(C(C)(C)c4ccc(OCC5CO5)cc4)cc3)cc2)cc1. The van der Waals surface area contributed by atoms with E-state index in [-0.39, 0.29) is 29.1 Å². The van der Waals surface area contributed by atoms with Crippen molar-refractivity contribution in [3.8, 4) is 23.0 Å². The number of aliphatic hydroxyl groups is 1. The van der Waals surface area contributed by atoms with Crippen LogP contribution in [0.25, 0.3) is 0 Å². The third-order valence-corrected chi connectivity index (χ3v) is 10.6. The van der Waals surface area contributed by atoms with E-state index in [0.717, 1.165) is 37.6 Å². The molecule has 51 heavy (non-hydrogen) atoms. The van der Waals surface area contributed by atoms with Gasteiger partial charge in [0.1, 0.15) is 60.1 Å². The van der Waals surface area contributed by atoms with Crippen molar-refractivity contribution in [3.63, 3.8) is 0 Å². The van der Waals surface area contributed by atoms with Gasteiger partial charge in [0.15, 0.2) is 0 Å². The summed E-state index contributed by atoms with van der Waals surface area (Å²) in [5.41, 5.74) is 4.07. The lowest BCUT2D eigenvalue weighted by molar-refractivity contribution is 0.0152. The Bertz CT molecular complexity index is 1690. The highest BCUT2D eigenvalue weighted by Crippen LogP contribution is 2.36. The maximum absolute atomic E-state index is 10.9. The topological polar surface area (TPSA) is 82.2 Å². The van der Waals surface area contributed by atoms with Gasteiger partial charge in [0.25, 0.3) is 0 Å². The molecule has 7 heteroatoms. The molecule has 2 aliphatic rings. The molecular weight excluding hydrogens is 640 g/mol. The Kier molecular flexibility index (Phi) is 11.0. The molecule has 0 radical (unpaired) electrons. The van der Waals surface area contributed by atoms with E-state index < -0.39 is 12.2 Å². The van der Waals surface area contributed by atoms with Crippen molar-refractivity contribution >= 4 is 0 Å². The summed E-state index contributed by atoms with van der Waals surface area (Å²) in [6.07, 6.45) is 1.13. The van der Waals surface area contributed by atoms with Crippen molar-refractivity contribution in [2.75, 3.05) is 26.4 Å². The molecule has 0 spiro atoms. The van der Waals surface area contributed by atoms with Crippen molar-refractivity contribution in [2.45, 2.75) is 102 Å². The van der Waals surface area contributed by atoms with Crippen LogP contribution in [0, 0.1) is 0 Å². The molecule has 2 saturated heterocycles. The largest absolute Gasteiger partial charge is 0.491 e. The van der Waals surface area contributed by atoms with E-state index in [1.165, 1.54) is 22.3 Å². The van der Waals surface area contributed by atoms with Crippen LogP contribution < -0.4 is 18.9 Å². The van der Waals surface area contributed by atoms with Crippen molar-refractivity contribution in [2.24, 2.45) is 0 Å². The molecule has 4 aromatic carbocycles. The molecule has 272 valence electrons. The standard InChI is InChI=1S/C44H54O7/c1-8-44(7,25-39-26-47-39)51-38-23-15-34(16-24-38)43(5,6)32-11-19-36(20-12-32)49-29-41(45)30(2)50-37-21-13-33(14-22-37)42(3,4)31-9-17-35(18-10-31)46-27-40-28-48-40/h9-24,30,39-41,45H,8,25-29H2,1-7H3. The van der Waals surface area contributed by atoms with Crippen molar-refractivity contribution < 1.29 is 33.5 Å². The zero-order chi connectivity index (χ0) is 36.2. The van der Waals surface area contributed by atoms with Gasteiger partial charge in [0.05, 0.1) is 19.3 Å². The summed E-state index contributed by atoms with van der Waals surface area (Å²) in [6, 6.07) is 32.9. The number of hydrogen-bond acceptors (Lipinski definition) is 7. The van der Waals surface area contributed by atoms with Gasteiger partial charge in [-0.3, -0.25) is 0 Å². The fraction of sp³-hybridized carbons (Fsp3) is 0.455. The van der Waals surface area contributed by atoms with Gasteiger partial charge in [-0.15, -0.1) is 0 Å². The first kappa shape index (κ1) is 36.7.